The Labute approximate surface area is 102 Å². The summed E-state index contributed by atoms with van der Waals surface area (Å²) < 4.78 is 11.2. The number of rotatable bonds is 4. The molecule has 0 saturated carbocycles. The zero-order valence-electron chi connectivity index (χ0n) is 10.1. The first kappa shape index (κ1) is 12.2. The van der Waals surface area contributed by atoms with Crippen LogP contribution in [0.2, 0.25) is 0 Å². The van der Waals surface area contributed by atoms with Gasteiger partial charge in [0.25, 0.3) is 0 Å². The van der Waals surface area contributed by atoms with Crippen LogP contribution in [0.1, 0.15) is 24.9 Å². The van der Waals surface area contributed by atoms with Crippen molar-refractivity contribution < 1.29 is 14.6 Å². The lowest BCUT2D eigenvalue weighted by molar-refractivity contribution is 0.286. The number of aliphatic hydroxyl groups is 1. The highest BCUT2D eigenvalue weighted by atomic mass is 16.5. The van der Waals surface area contributed by atoms with Crippen LogP contribution in [0.15, 0.2) is 18.2 Å². The summed E-state index contributed by atoms with van der Waals surface area (Å²) in [5.41, 5.74) is 1.14. The number of hydrogen-bond donors (Lipinski definition) is 2. The Morgan fingerprint density at radius 2 is 2.06 bits per heavy atom. The molecule has 2 rings (SSSR count). The van der Waals surface area contributed by atoms with E-state index >= 15 is 0 Å². The second-order valence-corrected chi connectivity index (χ2v) is 4.16. The van der Waals surface area contributed by atoms with Crippen LogP contribution in [0.4, 0.5) is 0 Å². The van der Waals surface area contributed by atoms with Gasteiger partial charge in [-0.1, -0.05) is 6.07 Å². The molecule has 1 aliphatic heterocycles. The fourth-order valence-electron chi connectivity index (χ4n) is 1.85. The Kier molecular flexibility index (Phi) is 4.23. The van der Waals surface area contributed by atoms with E-state index in [0.717, 1.165) is 23.5 Å². The number of fused-ring (bicyclic) bond motifs is 1. The maximum absolute atomic E-state index is 8.78. The van der Waals surface area contributed by atoms with Crippen molar-refractivity contribution in [2.24, 2.45) is 0 Å². The molecule has 2 N–H and O–H groups in total. The van der Waals surface area contributed by atoms with Crippen molar-refractivity contribution >= 4 is 0 Å². The Morgan fingerprint density at radius 3 is 2.82 bits per heavy atom. The minimum Gasteiger partial charge on any atom is -0.490 e. The number of aliphatic hydroxyl groups excluding tert-OH is 1. The van der Waals surface area contributed by atoms with Crippen LogP contribution in [0.3, 0.4) is 0 Å². The average molecular weight is 237 g/mol. The molecule has 0 fully saturated rings. The van der Waals surface area contributed by atoms with E-state index in [-0.39, 0.29) is 12.6 Å². The molecule has 0 amide bonds. The fourth-order valence-corrected chi connectivity index (χ4v) is 1.85. The van der Waals surface area contributed by atoms with E-state index < -0.39 is 0 Å². The molecule has 0 aromatic heterocycles. The third kappa shape index (κ3) is 3.11. The highest BCUT2D eigenvalue weighted by Crippen LogP contribution is 2.32. The van der Waals surface area contributed by atoms with Gasteiger partial charge in [-0.25, -0.2) is 0 Å². The summed E-state index contributed by atoms with van der Waals surface area (Å²) in [6.45, 7) is 4.22. The lowest BCUT2D eigenvalue weighted by atomic mass is 10.1. The van der Waals surface area contributed by atoms with Crippen molar-refractivity contribution in [3.8, 4) is 11.5 Å². The van der Waals surface area contributed by atoms with Crippen LogP contribution in [0, 0.1) is 0 Å². The SMILES string of the molecule is CC(NCCO)c1ccc2c(c1)OCCCO2. The minimum absolute atomic E-state index is 0.148. The van der Waals surface area contributed by atoms with Crippen LogP contribution in [-0.2, 0) is 0 Å². The van der Waals surface area contributed by atoms with Crippen LogP contribution in [0.5, 0.6) is 11.5 Å². The van der Waals surface area contributed by atoms with Crippen LogP contribution >= 0.6 is 0 Å². The normalized spacial score (nSPS) is 16.4. The first-order valence-electron chi connectivity index (χ1n) is 6.05. The molecule has 1 unspecified atom stereocenters. The van der Waals surface area contributed by atoms with E-state index in [1.807, 2.05) is 18.2 Å². The smallest absolute Gasteiger partial charge is 0.161 e. The second-order valence-electron chi connectivity index (χ2n) is 4.16. The number of ether oxygens (including phenoxy) is 2. The summed E-state index contributed by atoms with van der Waals surface area (Å²) in [7, 11) is 0. The van der Waals surface area contributed by atoms with Crippen molar-refractivity contribution in [2.75, 3.05) is 26.4 Å². The standard InChI is InChI=1S/C13H19NO3/c1-10(14-5-6-15)11-3-4-12-13(9-11)17-8-2-7-16-12/h3-4,9-10,14-15H,2,5-8H2,1H3. The Morgan fingerprint density at radius 1 is 1.29 bits per heavy atom. The third-order valence-electron chi connectivity index (χ3n) is 2.83. The van der Waals surface area contributed by atoms with Gasteiger partial charge in [0.2, 0.25) is 0 Å². The van der Waals surface area contributed by atoms with E-state index in [0.29, 0.717) is 19.8 Å². The molecule has 1 aromatic carbocycles. The molecular formula is C13H19NO3. The molecule has 1 atom stereocenters. The summed E-state index contributed by atoms with van der Waals surface area (Å²) in [5, 5.41) is 12.0. The molecule has 0 radical (unpaired) electrons. The predicted molar refractivity (Wildman–Crippen MR) is 65.6 cm³/mol. The van der Waals surface area contributed by atoms with Gasteiger partial charge in [-0.05, 0) is 24.6 Å². The molecule has 94 valence electrons. The topological polar surface area (TPSA) is 50.7 Å². The van der Waals surface area contributed by atoms with E-state index in [1.165, 1.54) is 0 Å². The number of hydrogen-bond acceptors (Lipinski definition) is 4. The minimum atomic E-state index is 0.148. The van der Waals surface area contributed by atoms with Crippen LogP contribution in [0.25, 0.3) is 0 Å². The molecule has 1 aromatic rings. The first-order chi connectivity index (χ1) is 8.31. The molecule has 1 aliphatic rings. The largest absolute Gasteiger partial charge is 0.490 e. The monoisotopic (exact) mass is 237 g/mol. The van der Waals surface area contributed by atoms with Crippen LogP contribution < -0.4 is 14.8 Å². The van der Waals surface area contributed by atoms with Gasteiger partial charge < -0.3 is 19.9 Å². The summed E-state index contributed by atoms with van der Waals surface area (Å²) in [6, 6.07) is 6.19. The molecule has 0 spiro atoms. The van der Waals surface area contributed by atoms with Crippen molar-refractivity contribution in [3.05, 3.63) is 23.8 Å². The van der Waals surface area contributed by atoms with E-state index in [1.54, 1.807) is 0 Å². The molecule has 4 heteroatoms. The van der Waals surface area contributed by atoms with Gasteiger partial charge in [-0.15, -0.1) is 0 Å². The Balaban J connectivity index is 2.11. The van der Waals surface area contributed by atoms with E-state index in [9.17, 15) is 0 Å². The molecule has 0 aliphatic carbocycles. The summed E-state index contributed by atoms with van der Waals surface area (Å²) in [5.74, 6) is 1.64. The quantitative estimate of drug-likeness (QED) is 0.833. The van der Waals surface area contributed by atoms with E-state index in [4.69, 9.17) is 14.6 Å². The lowest BCUT2D eigenvalue weighted by Gasteiger charge is -2.15. The summed E-state index contributed by atoms with van der Waals surface area (Å²) in [6.07, 6.45) is 0.919. The predicted octanol–water partition coefficient (Wildman–Crippen LogP) is 1.49. The molecular weight excluding hydrogens is 218 g/mol. The second kappa shape index (κ2) is 5.89. The maximum atomic E-state index is 8.78. The van der Waals surface area contributed by atoms with Gasteiger partial charge in [0.1, 0.15) is 0 Å². The fraction of sp³-hybridized carbons (Fsp3) is 0.538. The maximum Gasteiger partial charge on any atom is 0.161 e. The van der Waals surface area contributed by atoms with Crippen molar-refractivity contribution in [3.63, 3.8) is 0 Å². The Bertz CT molecular complexity index is 368. The van der Waals surface area contributed by atoms with E-state index in [2.05, 4.69) is 12.2 Å². The Hall–Kier alpha value is -1.26. The van der Waals surface area contributed by atoms with Crippen molar-refractivity contribution in [2.45, 2.75) is 19.4 Å². The van der Waals surface area contributed by atoms with Gasteiger partial charge >= 0.3 is 0 Å². The molecule has 17 heavy (non-hydrogen) atoms. The van der Waals surface area contributed by atoms with Gasteiger partial charge in [0, 0.05) is 19.0 Å². The van der Waals surface area contributed by atoms with Crippen LogP contribution in [-0.4, -0.2) is 31.5 Å². The molecule has 0 bridgehead atoms. The van der Waals surface area contributed by atoms with Gasteiger partial charge in [0.05, 0.1) is 19.8 Å². The van der Waals surface area contributed by atoms with Gasteiger partial charge in [-0.3, -0.25) is 0 Å². The summed E-state index contributed by atoms with van der Waals surface area (Å²) in [4.78, 5) is 0. The van der Waals surface area contributed by atoms with Gasteiger partial charge in [-0.2, -0.15) is 0 Å². The third-order valence-corrected chi connectivity index (χ3v) is 2.83. The zero-order chi connectivity index (χ0) is 12.1. The average Bonchev–Trinajstić information content (AvgIpc) is 2.60. The molecule has 1 heterocycles. The lowest BCUT2D eigenvalue weighted by Crippen LogP contribution is -2.22. The number of nitrogens with one attached hydrogen (secondary N) is 1. The first-order valence-corrected chi connectivity index (χ1v) is 6.05. The van der Waals surface area contributed by atoms with Gasteiger partial charge in [0.15, 0.2) is 11.5 Å². The highest BCUT2D eigenvalue weighted by molar-refractivity contribution is 5.44. The van der Waals surface area contributed by atoms with Crippen molar-refractivity contribution in [1.82, 2.24) is 5.32 Å². The number of benzene rings is 1. The zero-order valence-corrected chi connectivity index (χ0v) is 10.1. The molecule has 0 saturated heterocycles. The highest BCUT2D eigenvalue weighted by Gasteiger charge is 2.13. The molecule has 4 nitrogen and oxygen atoms in total. The van der Waals surface area contributed by atoms with Crippen molar-refractivity contribution in [1.29, 1.82) is 0 Å². The summed E-state index contributed by atoms with van der Waals surface area (Å²) >= 11 is 0.